The SMILES string of the molecule is Cc1ccc(OCCOC(=O)c2ccc(S(C)(=O)=O)cc2)cc1. The molecule has 0 aliphatic rings. The fourth-order valence-electron chi connectivity index (χ4n) is 1.85. The molecule has 5 nitrogen and oxygen atoms in total. The number of esters is 1. The van der Waals surface area contributed by atoms with E-state index in [9.17, 15) is 13.2 Å². The maximum absolute atomic E-state index is 11.8. The van der Waals surface area contributed by atoms with Crippen molar-refractivity contribution < 1.29 is 22.7 Å². The Morgan fingerprint density at radius 1 is 0.957 bits per heavy atom. The molecule has 2 aromatic rings. The highest BCUT2D eigenvalue weighted by Crippen LogP contribution is 2.12. The predicted molar refractivity (Wildman–Crippen MR) is 86.5 cm³/mol. The van der Waals surface area contributed by atoms with Crippen LogP contribution in [0, 0.1) is 6.92 Å². The first-order chi connectivity index (χ1) is 10.9. The number of benzene rings is 2. The highest BCUT2D eigenvalue weighted by atomic mass is 32.2. The third-order valence-corrected chi connectivity index (χ3v) is 4.25. The Hall–Kier alpha value is -2.34. The molecule has 2 rings (SSSR count). The third kappa shape index (κ3) is 5.10. The monoisotopic (exact) mass is 334 g/mol. The fraction of sp³-hybridized carbons (Fsp3) is 0.235. The lowest BCUT2D eigenvalue weighted by Gasteiger charge is -2.08. The van der Waals surface area contributed by atoms with Crippen molar-refractivity contribution in [1.82, 2.24) is 0 Å². The zero-order valence-electron chi connectivity index (χ0n) is 13.0. The molecule has 0 saturated carbocycles. The average Bonchev–Trinajstić information content (AvgIpc) is 2.52. The van der Waals surface area contributed by atoms with Crippen molar-refractivity contribution in [3.05, 3.63) is 59.7 Å². The van der Waals surface area contributed by atoms with Crippen LogP contribution in [0.2, 0.25) is 0 Å². The lowest BCUT2D eigenvalue weighted by molar-refractivity contribution is 0.0450. The molecule has 0 fully saturated rings. The van der Waals surface area contributed by atoms with Gasteiger partial charge in [0.1, 0.15) is 19.0 Å². The molecule has 0 aliphatic heterocycles. The van der Waals surface area contributed by atoms with E-state index < -0.39 is 15.8 Å². The minimum atomic E-state index is -3.27. The van der Waals surface area contributed by atoms with Crippen molar-refractivity contribution in [2.75, 3.05) is 19.5 Å². The van der Waals surface area contributed by atoms with Crippen LogP contribution in [-0.2, 0) is 14.6 Å². The number of sulfone groups is 1. The Balaban J connectivity index is 1.81. The average molecular weight is 334 g/mol. The van der Waals surface area contributed by atoms with E-state index in [1.54, 1.807) is 0 Å². The van der Waals surface area contributed by atoms with Crippen molar-refractivity contribution in [3.63, 3.8) is 0 Å². The van der Waals surface area contributed by atoms with Gasteiger partial charge >= 0.3 is 5.97 Å². The van der Waals surface area contributed by atoms with E-state index in [-0.39, 0.29) is 18.1 Å². The Bertz CT molecular complexity index is 762. The van der Waals surface area contributed by atoms with E-state index >= 15 is 0 Å². The van der Waals surface area contributed by atoms with Crippen LogP contribution in [0.5, 0.6) is 5.75 Å². The predicted octanol–water partition coefficient (Wildman–Crippen LogP) is 2.63. The first-order valence-electron chi connectivity index (χ1n) is 7.03. The molecule has 0 heterocycles. The molecule has 0 saturated heterocycles. The first-order valence-corrected chi connectivity index (χ1v) is 8.92. The quantitative estimate of drug-likeness (QED) is 0.600. The number of hydrogen-bond acceptors (Lipinski definition) is 5. The Morgan fingerprint density at radius 3 is 2.13 bits per heavy atom. The molecule has 0 amide bonds. The molecule has 0 aromatic heterocycles. The summed E-state index contributed by atoms with van der Waals surface area (Å²) in [6.07, 6.45) is 1.11. The van der Waals surface area contributed by atoms with Crippen LogP contribution in [-0.4, -0.2) is 33.9 Å². The van der Waals surface area contributed by atoms with Gasteiger partial charge in [0.15, 0.2) is 9.84 Å². The van der Waals surface area contributed by atoms with E-state index in [4.69, 9.17) is 9.47 Å². The second kappa shape index (κ2) is 7.28. The molecular weight excluding hydrogens is 316 g/mol. The van der Waals surface area contributed by atoms with E-state index in [2.05, 4.69) is 0 Å². The van der Waals surface area contributed by atoms with Gasteiger partial charge < -0.3 is 9.47 Å². The van der Waals surface area contributed by atoms with Crippen molar-refractivity contribution in [2.24, 2.45) is 0 Å². The normalized spacial score (nSPS) is 11.0. The number of hydrogen-bond donors (Lipinski definition) is 0. The van der Waals surface area contributed by atoms with Crippen molar-refractivity contribution in [2.45, 2.75) is 11.8 Å². The summed E-state index contributed by atoms with van der Waals surface area (Å²) in [6, 6.07) is 13.2. The number of carbonyl (C=O) groups excluding carboxylic acids is 1. The van der Waals surface area contributed by atoms with Crippen LogP contribution < -0.4 is 4.74 Å². The second-order valence-electron chi connectivity index (χ2n) is 5.09. The number of carbonyl (C=O) groups is 1. The summed E-state index contributed by atoms with van der Waals surface area (Å²) < 4.78 is 33.2. The van der Waals surface area contributed by atoms with Gasteiger partial charge in [0, 0.05) is 6.26 Å². The molecule has 0 spiro atoms. The van der Waals surface area contributed by atoms with E-state index in [0.29, 0.717) is 11.3 Å². The van der Waals surface area contributed by atoms with Crippen LogP contribution in [0.15, 0.2) is 53.4 Å². The van der Waals surface area contributed by atoms with Gasteiger partial charge in [-0.25, -0.2) is 13.2 Å². The highest BCUT2D eigenvalue weighted by molar-refractivity contribution is 7.90. The Morgan fingerprint density at radius 2 is 1.57 bits per heavy atom. The van der Waals surface area contributed by atoms with Crippen LogP contribution in [0.1, 0.15) is 15.9 Å². The van der Waals surface area contributed by atoms with E-state index in [1.165, 1.54) is 24.3 Å². The summed E-state index contributed by atoms with van der Waals surface area (Å²) >= 11 is 0. The molecule has 23 heavy (non-hydrogen) atoms. The number of ether oxygens (including phenoxy) is 2. The van der Waals surface area contributed by atoms with E-state index in [0.717, 1.165) is 11.8 Å². The van der Waals surface area contributed by atoms with Crippen molar-refractivity contribution in [1.29, 1.82) is 0 Å². The zero-order chi connectivity index (χ0) is 16.9. The summed E-state index contributed by atoms with van der Waals surface area (Å²) in [5.41, 5.74) is 1.44. The summed E-state index contributed by atoms with van der Waals surface area (Å²) in [5.74, 6) is 0.196. The van der Waals surface area contributed by atoms with Gasteiger partial charge in [-0.1, -0.05) is 17.7 Å². The first kappa shape index (κ1) is 17.0. The van der Waals surface area contributed by atoms with Crippen molar-refractivity contribution >= 4 is 15.8 Å². The molecule has 0 radical (unpaired) electrons. The molecule has 0 unspecified atom stereocenters. The number of aryl methyl sites for hydroxylation is 1. The molecular formula is C17H18O5S. The maximum Gasteiger partial charge on any atom is 0.338 e. The summed E-state index contributed by atoms with van der Waals surface area (Å²) in [5, 5.41) is 0. The molecule has 0 atom stereocenters. The van der Waals surface area contributed by atoms with Gasteiger partial charge in [-0.15, -0.1) is 0 Å². The smallest absolute Gasteiger partial charge is 0.338 e. The van der Waals surface area contributed by atoms with Gasteiger partial charge in [0.2, 0.25) is 0 Å². The lowest BCUT2D eigenvalue weighted by Crippen LogP contribution is -2.12. The third-order valence-electron chi connectivity index (χ3n) is 3.12. The minimum absolute atomic E-state index is 0.112. The molecule has 122 valence electrons. The summed E-state index contributed by atoms with van der Waals surface area (Å²) in [6.45, 7) is 2.34. The van der Waals surface area contributed by atoms with Crippen molar-refractivity contribution in [3.8, 4) is 5.75 Å². The van der Waals surface area contributed by atoms with Crippen LogP contribution in [0.25, 0.3) is 0 Å². The summed E-state index contributed by atoms with van der Waals surface area (Å²) in [7, 11) is -3.27. The largest absolute Gasteiger partial charge is 0.490 e. The highest BCUT2D eigenvalue weighted by Gasteiger charge is 2.10. The Kier molecular flexibility index (Phi) is 5.39. The van der Waals surface area contributed by atoms with Crippen LogP contribution in [0.4, 0.5) is 0 Å². The summed E-state index contributed by atoms with van der Waals surface area (Å²) in [4.78, 5) is 12.0. The molecule has 0 bridgehead atoms. The topological polar surface area (TPSA) is 69.7 Å². The van der Waals surface area contributed by atoms with Crippen LogP contribution in [0.3, 0.4) is 0 Å². The standard InChI is InChI=1S/C17H18O5S/c1-13-3-7-15(8-4-13)21-11-12-22-17(18)14-5-9-16(10-6-14)23(2,19)20/h3-10H,11-12H2,1-2H3. The van der Waals surface area contributed by atoms with Gasteiger partial charge in [0.05, 0.1) is 10.5 Å². The second-order valence-corrected chi connectivity index (χ2v) is 7.11. The van der Waals surface area contributed by atoms with Gasteiger partial charge in [0.25, 0.3) is 0 Å². The van der Waals surface area contributed by atoms with Gasteiger partial charge in [-0.05, 0) is 43.3 Å². The molecule has 0 N–H and O–H groups in total. The fourth-order valence-corrected chi connectivity index (χ4v) is 2.48. The molecule has 2 aromatic carbocycles. The van der Waals surface area contributed by atoms with Gasteiger partial charge in [-0.2, -0.15) is 0 Å². The number of rotatable bonds is 6. The van der Waals surface area contributed by atoms with E-state index in [1.807, 2.05) is 31.2 Å². The maximum atomic E-state index is 11.8. The van der Waals surface area contributed by atoms with Gasteiger partial charge in [-0.3, -0.25) is 0 Å². The molecule has 0 aliphatic carbocycles. The Labute approximate surface area is 135 Å². The molecule has 6 heteroatoms. The lowest BCUT2D eigenvalue weighted by atomic mass is 10.2. The zero-order valence-corrected chi connectivity index (χ0v) is 13.8. The minimum Gasteiger partial charge on any atom is -0.490 e. The van der Waals surface area contributed by atoms with Crippen LogP contribution >= 0.6 is 0 Å².